The van der Waals surface area contributed by atoms with Gasteiger partial charge in [-0.1, -0.05) is 13.8 Å². The molecule has 0 aromatic rings. The Morgan fingerprint density at radius 1 is 1.28 bits per heavy atom. The highest BCUT2D eigenvalue weighted by Gasteiger charge is 2.35. The van der Waals surface area contributed by atoms with E-state index in [1.807, 2.05) is 0 Å². The maximum absolute atomic E-state index is 11.9. The summed E-state index contributed by atoms with van der Waals surface area (Å²) >= 11 is 0. The van der Waals surface area contributed by atoms with Gasteiger partial charge in [0.1, 0.15) is 0 Å². The zero-order chi connectivity index (χ0) is 13.2. The minimum absolute atomic E-state index is 0.109. The van der Waals surface area contributed by atoms with Crippen molar-refractivity contribution in [1.82, 2.24) is 10.2 Å². The standard InChI is InChI=1S/C13H26N2O2S/c1-3-11-9-15(12(4-2)8-14-11)10-13-6-5-7-18(13,16)17/h11-14H,3-10H2,1-2H3. The van der Waals surface area contributed by atoms with E-state index in [2.05, 4.69) is 24.1 Å². The van der Waals surface area contributed by atoms with Gasteiger partial charge in [-0.05, 0) is 25.7 Å². The van der Waals surface area contributed by atoms with Crippen LogP contribution in [0.15, 0.2) is 0 Å². The zero-order valence-electron chi connectivity index (χ0n) is 11.6. The molecule has 3 atom stereocenters. The fourth-order valence-corrected chi connectivity index (χ4v) is 5.00. The number of hydrogen-bond donors (Lipinski definition) is 1. The Morgan fingerprint density at radius 2 is 2.06 bits per heavy atom. The van der Waals surface area contributed by atoms with E-state index in [0.29, 0.717) is 17.8 Å². The van der Waals surface area contributed by atoms with Crippen molar-refractivity contribution < 1.29 is 8.42 Å². The molecular formula is C13H26N2O2S. The molecule has 2 saturated heterocycles. The summed E-state index contributed by atoms with van der Waals surface area (Å²) in [5, 5.41) is 3.45. The van der Waals surface area contributed by atoms with Gasteiger partial charge in [0.2, 0.25) is 0 Å². The van der Waals surface area contributed by atoms with Crippen LogP contribution in [0.5, 0.6) is 0 Å². The third-order valence-electron chi connectivity index (χ3n) is 4.48. The molecule has 4 nitrogen and oxygen atoms in total. The molecule has 0 aromatic carbocycles. The van der Waals surface area contributed by atoms with E-state index in [0.717, 1.165) is 45.3 Å². The Labute approximate surface area is 111 Å². The Morgan fingerprint density at radius 3 is 2.61 bits per heavy atom. The van der Waals surface area contributed by atoms with E-state index in [9.17, 15) is 8.42 Å². The fourth-order valence-electron chi connectivity index (χ4n) is 3.15. The second kappa shape index (κ2) is 5.88. The van der Waals surface area contributed by atoms with Crippen LogP contribution in [0.4, 0.5) is 0 Å². The molecule has 2 rings (SSSR count). The van der Waals surface area contributed by atoms with Crippen LogP contribution in [0.2, 0.25) is 0 Å². The number of hydrogen-bond acceptors (Lipinski definition) is 4. The Kier molecular flexibility index (Phi) is 4.67. The summed E-state index contributed by atoms with van der Waals surface area (Å²) in [5.74, 6) is 0.401. The van der Waals surface area contributed by atoms with Crippen LogP contribution in [-0.4, -0.2) is 56.0 Å². The van der Waals surface area contributed by atoms with Crippen LogP contribution in [0.25, 0.3) is 0 Å². The molecule has 0 aliphatic carbocycles. The van der Waals surface area contributed by atoms with E-state index in [4.69, 9.17) is 0 Å². The summed E-state index contributed by atoms with van der Waals surface area (Å²) in [5.41, 5.74) is 0. The Bertz CT molecular complexity index is 369. The van der Waals surface area contributed by atoms with Crippen molar-refractivity contribution in [3.05, 3.63) is 0 Å². The SMILES string of the molecule is CCC1CN(CC2CCCS2(=O)=O)C(CC)CN1. The van der Waals surface area contributed by atoms with Crippen molar-refractivity contribution >= 4 is 9.84 Å². The number of nitrogens with one attached hydrogen (secondary N) is 1. The second-order valence-corrected chi connectivity index (χ2v) is 8.06. The number of rotatable bonds is 4. The molecule has 0 saturated carbocycles. The van der Waals surface area contributed by atoms with Crippen LogP contribution < -0.4 is 5.32 Å². The van der Waals surface area contributed by atoms with Gasteiger partial charge in [0, 0.05) is 31.7 Å². The van der Waals surface area contributed by atoms with Gasteiger partial charge in [-0.25, -0.2) is 8.42 Å². The third-order valence-corrected chi connectivity index (χ3v) is 6.74. The summed E-state index contributed by atoms with van der Waals surface area (Å²) in [4.78, 5) is 2.41. The first-order chi connectivity index (χ1) is 8.56. The van der Waals surface area contributed by atoms with Gasteiger partial charge in [-0.2, -0.15) is 0 Å². The van der Waals surface area contributed by atoms with Crippen molar-refractivity contribution in [2.45, 2.75) is 56.9 Å². The van der Waals surface area contributed by atoms with Gasteiger partial charge in [0.05, 0.1) is 11.0 Å². The van der Waals surface area contributed by atoms with Gasteiger partial charge >= 0.3 is 0 Å². The average Bonchev–Trinajstić information content (AvgIpc) is 2.68. The Balaban J connectivity index is 2.00. The lowest BCUT2D eigenvalue weighted by molar-refractivity contribution is 0.124. The number of sulfone groups is 1. The lowest BCUT2D eigenvalue weighted by Crippen LogP contribution is -2.57. The van der Waals surface area contributed by atoms with Gasteiger partial charge < -0.3 is 5.32 Å². The Hall–Kier alpha value is -0.130. The predicted molar refractivity (Wildman–Crippen MR) is 74.5 cm³/mol. The molecule has 3 unspecified atom stereocenters. The van der Waals surface area contributed by atoms with Gasteiger partial charge in [0.25, 0.3) is 0 Å². The molecule has 1 N–H and O–H groups in total. The van der Waals surface area contributed by atoms with Crippen LogP contribution in [-0.2, 0) is 9.84 Å². The molecule has 5 heteroatoms. The number of piperazine rings is 1. The summed E-state index contributed by atoms with van der Waals surface area (Å²) in [6.45, 7) is 7.13. The summed E-state index contributed by atoms with van der Waals surface area (Å²) in [6, 6.07) is 1.03. The zero-order valence-corrected chi connectivity index (χ0v) is 12.4. The van der Waals surface area contributed by atoms with Crippen molar-refractivity contribution in [2.24, 2.45) is 0 Å². The van der Waals surface area contributed by atoms with Crippen molar-refractivity contribution in [1.29, 1.82) is 0 Å². The smallest absolute Gasteiger partial charge is 0.154 e. The van der Waals surface area contributed by atoms with E-state index in [-0.39, 0.29) is 5.25 Å². The first-order valence-corrected chi connectivity index (χ1v) is 8.97. The van der Waals surface area contributed by atoms with Crippen LogP contribution in [0.3, 0.4) is 0 Å². The average molecular weight is 274 g/mol. The van der Waals surface area contributed by atoms with Crippen LogP contribution >= 0.6 is 0 Å². The van der Waals surface area contributed by atoms with E-state index in [1.165, 1.54) is 0 Å². The maximum atomic E-state index is 11.9. The summed E-state index contributed by atoms with van der Waals surface area (Å²) in [6.07, 6.45) is 3.92. The highest BCUT2D eigenvalue weighted by molar-refractivity contribution is 7.92. The molecular weight excluding hydrogens is 248 g/mol. The van der Waals surface area contributed by atoms with Crippen LogP contribution in [0.1, 0.15) is 39.5 Å². The molecule has 0 bridgehead atoms. The minimum Gasteiger partial charge on any atom is -0.311 e. The van der Waals surface area contributed by atoms with Gasteiger partial charge in [0.15, 0.2) is 9.84 Å². The molecule has 2 fully saturated rings. The van der Waals surface area contributed by atoms with E-state index >= 15 is 0 Å². The van der Waals surface area contributed by atoms with Crippen molar-refractivity contribution in [3.8, 4) is 0 Å². The topological polar surface area (TPSA) is 49.4 Å². The molecule has 0 spiro atoms. The van der Waals surface area contributed by atoms with Gasteiger partial charge in [-0.15, -0.1) is 0 Å². The monoisotopic (exact) mass is 274 g/mol. The summed E-state index contributed by atoms with van der Waals surface area (Å²) < 4.78 is 23.9. The quantitative estimate of drug-likeness (QED) is 0.832. The highest BCUT2D eigenvalue weighted by Crippen LogP contribution is 2.23. The molecule has 106 valence electrons. The third kappa shape index (κ3) is 3.06. The van der Waals surface area contributed by atoms with Crippen molar-refractivity contribution in [3.63, 3.8) is 0 Å². The molecule has 2 aliphatic heterocycles. The van der Waals surface area contributed by atoms with Crippen molar-refractivity contribution in [2.75, 3.05) is 25.4 Å². The molecule has 2 aliphatic rings. The summed E-state index contributed by atoms with van der Waals surface area (Å²) in [7, 11) is -2.80. The molecule has 2 heterocycles. The molecule has 0 radical (unpaired) electrons. The van der Waals surface area contributed by atoms with E-state index < -0.39 is 9.84 Å². The minimum atomic E-state index is -2.80. The highest BCUT2D eigenvalue weighted by atomic mass is 32.2. The van der Waals surface area contributed by atoms with Crippen LogP contribution in [0, 0.1) is 0 Å². The number of nitrogens with zero attached hydrogens (tertiary/aromatic N) is 1. The normalized spacial score (nSPS) is 36.9. The largest absolute Gasteiger partial charge is 0.311 e. The molecule has 0 aromatic heterocycles. The maximum Gasteiger partial charge on any atom is 0.154 e. The predicted octanol–water partition coefficient (Wildman–Crippen LogP) is 1.03. The first-order valence-electron chi connectivity index (χ1n) is 7.25. The lowest BCUT2D eigenvalue weighted by Gasteiger charge is -2.41. The second-order valence-electron chi connectivity index (χ2n) is 5.66. The lowest BCUT2D eigenvalue weighted by atomic mass is 10.0. The van der Waals surface area contributed by atoms with Gasteiger partial charge in [-0.3, -0.25) is 4.90 Å². The molecule has 18 heavy (non-hydrogen) atoms. The van der Waals surface area contributed by atoms with E-state index in [1.54, 1.807) is 0 Å². The fraction of sp³-hybridized carbons (Fsp3) is 1.00. The first kappa shape index (κ1) is 14.3. The molecule has 0 amide bonds.